The van der Waals surface area contributed by atoms with Crippen LogP contribution in [0.2, 0.25) is 0 Å². The number of carbonyl (C=O) groups excluding carboxylic acids is 1. The Morgan fingerprint density at radius 1 is 1.41 bits per heavy atom. The predicted molar refractivity (Wildman–Crippen MR) is 84.1 cm³/mol. The first-order valence-electron chi connectivity index (χ1n) is 7.07. The van der Waals surface area contributed by atoms with Crippen LogP contribution in [0.15, 0.2) is 12.4 Å². The molecule has 7 heteroatoms. The SMILES string of the molecule is COc1cncc(NC(=O)OC(C)(C)C)c1CN(C)CCO. The molecule has 0 atom stereocenters. The van der Waals surface area contributed by atoms with Crippen LogP contribution in [-0.2, 0) is 11.3 Å². The molecule has 0 aliphatic heterocycles. The third-order valence-corrected chi connectivity index (χ3v) is 2.78. The molecule has 22 heavy (non-hydrogen) atoms. The number of hydrogen-bond acceptors (Lipinski definition) is 6. The number of rotatable bonds is 6. The average molecular weight is 311 g/mol. The highest BCUT2D eigenvalue weighted by atomic mass is 16.6. The summed E-state index contributed by atoms with van der Waals surface area (Å²) in [6, 6.07) is 0. The molecular formula is C15H25N3O4. The van der Waals surface area contributed by atoms with Gasteiger partial charge in [-0.05, 0) is 27.8 Å². The Hall–Kier alpha value is -1.86. The molecule has 0 unspecified atom stereocenters. The standard InChI is InChI=1S/C15H25N3O4/c1-15(2,3)22-14(20)17-12-8-16-9-13(21-5)11(12)10-18(4)6-7-19/h8-9,19H,6-7,10H2,1-5H3,(H,17,20). The molecule has 1 aromatic rings. The molecule has 1 rings (SSSR count). The van der Waals surface area contributed by atoms with E-state index in [1.165, 1.54) is 0 Å². The minimum atomic E-state index is -0.579. The second-order valence-corrected chi connectivity index (χ2v) is 5.96. The van der Waals surface area contributed by atoms with Crippen LogP contribution >= 0.6 is 0 Å². The summed E-state index contributed by atoms with van der Waals surface area (Å²) in [6.07, 6.45) is 2.59. The van der Waals surface area contributed by atoms with E-state index in [-0.39, 0.29) is 6.61 Å². The van der Waals surface area contributed by atoms with Crippen molar-refractivity contribution in [2.75, 3.05) is 32.6 Å². The molecule has 0 aliphatic carbocycles. The second-order valence-electron chi connectivity index (χ2n) is 5.96. The van der Waals surface area contributed by atoms with Gasteiger partial charge in [0.1, 0.15) is 11.4 Å². The Kier molecular flexibility index (Phi) is 6.58. The van der Waals surface area contributed by atoms with Crippen LogP contribution in [0.25, 0.3) is 0 Å². The molecule has 0 fully saturated rings. The van der Waals surface area contributed by atoms with Crippen LogP contribution in [0.4, 0.5) is 10.5 Å². The molecule has 124 valence electrons. The van der Waals surface area contributed by atoms with E-state index in [0.29, 0.717) is 24.5 Å². The minimum Gasteiger partial charge on any atom is -0.495 e. The zero-order valence-electron chi connectivity index (χ0n) is 13.8. The molecular weight excluding hydrogens is 286 g/mol. The van der Waals surface area contributed by atoms with Crippen molar-refractivity contribution in [3.8, 4) is 5.75 Å². The van der Waals surface area contributed by atoms with Crippen molar-refractivity contribution in [1.82, 2.24) is 9.88 Å². The molecule has 0 aromatic carbocycles. The van der Waals surface area contributed by atoms with Gasteiger partial charge in [-0.15, -0.1) is 0 Å². The summed E-state index contributed by atoms with van der Waals surface area (Å²) >= 11 is 0. The van der Waals surface area contributed by atoms with Crippen LogP contribution in [-0.4, -0.2) is 54.0 Å². The Morgan fingerprint density at radius 2 is 2.09 bits per heavy atom. The van der Waals surface area contributed by atoms with E-state index in [2.05, 4.69) is 10.3 Å². The van der Waals surface area contributed by atoms with Gasteiger partial charge in [-0.3, -0.25) is 15.2 Å². The van der Waals surface area contributed by atoms with Crippen molar-refractivity contribution < 1.29 is 19.4 Å². The molecule has 2 N–H and O–H groups in total. The fourth-order valence-corrected chi connectivity index (χ4v) is 1.85. The molecule has 1 aromatic heterocycles. The largest absolute Gasteiger partial charge is 0.495 e. The summed E-state index contributed by atoms with van der Waals surface area (Å²) in [7, 11) is 3.41. The lowest BCUT2D eigenvalue weighted by molar-refractivity contribution is 0.0635. The number of hydrogen-bond donors (Lipinski definition) is 2. The van der Waals surface area contributed by atoms with Gasteiger partial charge in [0.2, 0.25) is 0 Å². The summed E-state index contributed by atoms with van der Waals surface area (Å²) < 4.78 is 10.6. The molecule has 0 bridgehead atoms. The maximum Gasteiger partial charge on any atom is 0.412 e. The lowest BCUT2D eigenvalue weighted by Gasteiger charge is -2.22. The van der Waals surface area contributed by atoms with E-state index >= 15 is 0 Å². The lowest BCUT2D eigenvalue weighted by Crippen LogP contribution is -2.28. The van der Waals surface area contributed by atoms with Crippen LogP contribution in [0.3, 0.4) is 0 Å². The molecule has 0 radical (unpaired) electrons. The summed E-state index contributed by atoms with van der Waals surface area (Å²) in [6.45, 7) is 6.46. The maximum atomic E-state index is 11.9. The highest BCUT2D eigenvalue weighted by Gasteiger charge is 2.19. The first-order valence-corrected chi connectivity index (χ1v) is 7.07. The Balaban J connectivity index is 2.95. The molecule has 7 nitrogen and oxygen atoms in total. The highest BCUT2D eigenvalue weighted by molar-refractivity contribution is 5.86. The predicted octanol–water partition coefficient (Wildman–Crippen LogP) is 1.86. The van der Waals surface area contributed by atoms with Crippen LogP contribution in [0.5, 0.6) is 5.75 Å². The number of likely N-dealkylation sites (N-methyl/N-ethyl adjacent to an activating group) is 1. The Morgan fingerprint density at radius 3 is 2.64 bits per heavy atom. The van der Waals surface area contributed by atoms with Crippen molar-refractivity contribution in [3.05, 3.63) is 18.0 Å². The van der Waals surface area contributed by atoms with Gasteiger partial charge in [-0.2, -0.15) is 0 Å². The van der Waals surface area contributed by atoms with Crippen molar-refractivity contribution in [3.63, 3.8) is 0 Å². The normalized spacial score (nSPS) is 11.4. The third kappa shape index (κ3) is 5.87. The number of nitrogens with one attached hydrogen (secondary N) is 1. The van der Waals surface area contributed by atoms with Crippen molar-refractivity contribution in [2.24, 2.45) is 0 Å². The third-order valence-electron chi connectivity index (χ3n) is 2.78. The number of amides is 1. The van der Waals surface area contributed by atoms with E-state index in [0.717, 1.165) is 5.56 Å². The number of pyridine rings is 1. The van der Waals surface area contributed by atoms with Crippen molar-refractivity contribution >= 4 is 11.8 Å². The van der Waals surface area contributed by atoms with Gasteiger partial charge in [-0.1, -0.05) is 0 Å². The van der Waals surface area contributed by atoms with E-state index in [4.69, 9.17) is 14.6 Å². The number of aliphatic hydroxyl groups is 1. The topological polar surface area (TPSA) is 83.9 Å². The number of methoxy groups -OCH3 is 1. The number of ether oxygens (including phenoxy) is 2. The van der Waals surface area contributed by atoms with Gasteiger partial charge in [0.25, 0.3) is 0 Å². The van der Waals surface area contributed by atoms with Gasteiger partial charge >= 0.3 is 6.09 Å². The molecule has 0 spiro atoms. The van der Waals surface area contributed by atoms with Gasteiger partial charge in [-0.25, -0.2) is 4.79 Å². The Bertz CT molecular complexity index is 500. The minimum absolute atomic E-state index is 0.0543. The van der Waals surface area contributed by atoms with E-state index in [1.807, 2.05) is 11.9 Å². The molecule has 1 amide bonds. The van der Waals surface area contributed by atoms with Crippen LogP contribution < -0.4 is 10.1 Å². The molecule has 0 saturated carbocycles. The number of aliphatic hydroxyl groups excluding tert-OH is 1. The summed E-state index contributed by atoms with van der Waals surface area (Å²) in [5.74, 6) is 0.568. The lowest BCUT2D eigenvalue weighted by atomic mass is 10.2. The number of nitrogens with zero attached hydrogens (tertiary/aromatic N) is 2. The molecule has 0 saturated heterocycles. The van der Waals surface area contributed by atoms with Crippen LogP contribution in [0, 0.1) is 0 Å². The first-order chi connectivity index (χ1) is 10.3. The monoisotopic (exact) mass is 311 g/mol. The average Bonchev–Trinajstić information content (AvgIpc) is 2.38. The maximum absolute atomic E-state index is 11.9. The van der Waals surface area contributed by atoms with Crippen LogP contribution in [0.1, 0.15) is 26.3 Å². The van der Waals surface area contributed by atoms with Gasteiger partial charge in [0, 0.05) is 18.7 Å². The second kappa shape index (κ2) is 7.95. The summed E-state index contributed by atoms with van der Waals surface area (Å²) in [5.41, 5.74) is 0.724. The summed E-state index contributed by atoms with van der Waals surface area (Å²) in [4.78, 5) is 17.9. The smallest absolute Gasteiger partial charge is 0.412 e. The highest BCUT2D eigenvalue weighted by Crippen LogP contribution is 2.26. The zero-order chi connectivity index (χ0) is 16.8. The van der Waals surface area contributed by atoms with Gasteiger partial charge in [0.05, 0.1) is 31.8 Å². The molecule has 0 aliphatic rings. The van der Waals surface area contributed by atoms with E-state index < -0.39 is 11.7 Å². The quantitative estimate of drug-likeness (QED) is 0.834. The number of aromatic nitrogens is 1. The van der Waals surface area contributed by atoms with Crippen molar-refractivity contribution in [2.45, 2.75) is 32.9 Å². The fourth-order valence-electron chi connectivity index (χ4n) is 1.85. The number of carbonyl (C=O) groups is 1. The van der Waals surface area contributed by atoms with E-state index in [1.54, 1.807) is 40.3 Å². The van der Waals surface area contributed by atoms with E-state index in [9.17, 15) is 4.79 Å². The number of anilines is 1. The molecule has 1 heterocycles. The van der Waals surface area contributed by atoms with Gasteiger partial charge in [0.15, 0.2) is 0 Å². The van der Waals surface area contributed by atoms with Gasteiger partial charge < -0.3 is 14.6 Å². The summed E-state index contributed by atoms with van der Waals surface area (Å²) in [5, 5.41) is 11.7. The zero-order valence-corrected chi connectivity index (χ0v) is 13.8. The van der Waals surface area contributed by atoms with Crippen molar-refractivity contribution in [1.29, 1.82) is 0 Å². The first kappa shape index (κ1) is 18.2. The Labute approximate surface area is 131 Å². The fraction of sp³-hybridized carbons (Fsp3) is 0.600.